The van der Waals surface area contributed by atoms with Gasteiger partial charge in [0.15, 0.2) is 0 Å². The zero-order chi connectivity index (χ0) is 28.8. The summed E-state index contributed by atoms with van der Waals surface area (Å²) >= 11 is 0. The molecule has 1 aromatic heterocycles. The molecule has 222 valence electrons. The summed E-state index contributed by atoms with van der Waals surface area (Å²) in [5, 5.41) is 12.1. The molecule has 3 fully saturated rings. The quantitative estimate of drug-likeness (QED) is 0.428. The highest BCUT2D eigenvalue weighted by Gasteiger charge is 2.45. The molecular formula is C28H36F2N6O4S. The van der Waals surface area contributed by atoms with E-state index in [9.17, 15) is 22.0 Å². The van der Waals surface area contributed by atoms with Crippen LogP contribution >= 0.6 is 0 Å². The van der Waals surface area contributed by atoms with E-state index >= 15 is 0 Å². The van der Waals surface area contributed by atoms with Crippen molar-refractivity contribution in [2.45, 2.75) is 68.6 Å². The minimum Gasteiger partial charge on any atom is -0.395 e. The van der Waals surface area contributed by atoms with Crippen molar-refractivity contribution in [1.29, 1.82) is 0 Å². The standard InChI is InChI=1S/C28H36F2N6O4S/c29-28(30)10-15-36(16-11-28)26-32-22-3-1-2-20(22)24(34-26)33-25(38)21-5-4-19(41(39,40)31-12-17-37)18-23(21)35-13-8-27(6-7-27)9-14-35/h4-5,18,31,37H,1-3,6-17H2,(H,32,33,34,38). The zero-order valence-corrected chi connectivity index (χ0v) is 23.8. The molecule has 1 saturated carbocycles. The number of hydrogen-bond acceptors (Lipinski definition) is 8. The second kappa shape index (κ2) is 10.7. The van der Waals surface area contributed by atoms with Crippen LogP contribution in [0.4, 0.5) is 26.2 Å². The minimum atomic E-state index is -3.88. The number of carbonyl (C=O) groups excluding carboxylic acids is 1. The monoisotopic (exact) mass is 590 g/mol. The predicted molar refractivity (Wildman–Crippen MR) is 150 cm³/mol. The van der Waals surface area contributed by atoms with Crippen molar-refractivity contribution >= 4 is 33.4 Å². The van der Waals surface area contributed by atoms with Crippen LogP contribution in [0.25, 0.3) is 0 Å². The summed E-state index contributed by atoms with van der Waals surface area (Å²) in [5.74, 6) is -2.38. The number of alkyl halides is 2. The van der Waals surface area contributed by atoms with Crippen LogP contribution in [0.3, 0.4) is 0 Å². The summed E-state index contributed by atoms with van der Waals surface area (Å²) in [6.45, 7) is 1.29. The van der Waals surface area contributed by atoms with Gasteiger partial charge in [0.2, 0.25) is 16.0 Å². The number of anilines is 3. The Kier molecular flexibility index (Phi) is 7.39. The number of aliphatic hydroxyl groups is 1. The Hall–Kier alpha value is -2.90. The number of nitrogens with one attached hydrogen (secondary N) is 2. The summed E-state index contributed by atoms with van der Waals surface area (Å²) < 4.78 is 55.6. The molecular weight excluding hydrogens is 554 g/mol. The van der Waals surface area contributed by atoms with Crippen molar-refractivity contribution < 1.29 is 27.1 Å². The number of aromatic nitrogens is 2. The highest BCUT2D eigenvalue weighted by molar-refractivity contribution is 7.89. The normalized spacial score (nSPS) is 21.1. The van der Waals surface area contributed by atoms with Crippen LogP contribution in [0.15, 0.2) is 23.1 Å². The number of rotatable bonds is 8. The number of nitrogens with zero attached hydrogens (tertiary/aromatic N) is 4. The molecule has 10 nitrogen and oxygen atoms in total. The molecule has 3 heterocycles. The average Bonchev–Trinajstić information content (AvgIpc) is 3.52. The molecule has 6 rings (SSSR count). The van der Waals surface area contributed by atoms with Gasteiger partial charge in [-0.1, -0.05) is 0 Å². The second-order valence-electron chi connectivity index (χ2n) is 11.7. The first-order valence-electron chi connectivity index (χ1n) is 14.4. The van der Waals surface area contributed by atoms with Crippen LogP contribution in [0.5, 0.6) is 0 Å². The lowest BCUT2D eigenvalue weighted by Crippen LogP contribution is -2.40. The average molecular weight is 591 g/mol. The Balaban J connectivity index is 1.30. The van der Waals surface area contributed by atoms with Crippen LogP contribution in [0, 0.1) is 5.41 Å². The third-order valence-electron chi connectivity index (χ3n) is 8.98. The van der Waals surface area contributed by atoms with Crippen molar-refractivity contribution in [3.05, 3.63) is 35.0 Å². The molecule has 2 aromatic rings. The number of aliphatic hydroxyl groups excluding tert-OH is 1. The van der Waals surface area contributed by atoms with Crippen molar-refractivity contribution in [3.63, 3.8) is 0 Å². The summed E-state index contributed by atoms with van der Waals surface area (Å²) in [6, 6.07) is 4.45. The molecule has 1 aromatic carbocycles. The molecule has 2 saturated heterocycles. The number of amides is 1. The predicted octanol–water partition coefficient (Wildman–Crippen LogP) is 3.10. The Labute approximate surface area is 238 Å². The van der Waals surface area contributed by atoms with Crippen LogP contribution in [-0.2, 0) is 22.9 Å². The second-order valence-corrected chi connectivity index (χ2v) is 13.5. The molecule has 3 N–H and O–H groups in total. The molecule has 1 spiro atoms. The van der Waals surface area contributed by atoms with Gasteiger partial charge < -0.3 is 20.2 Å². The summed E-state index contributed by atoms with van der Waals surface area (Å²) in [6.07, 6.45) is 6.17. The molecule has 0 bridgehead atoms. The lowest BCUT2D eigenvalue weighted by molar-refractivity contribution is -0.0222. The highest BCUT2D eigenvalue weighted by Crippen LogP contribution is 2.54. The number of halogens is 2. The van der Waals surface area contributed by atoms with E-state index in [0.717, 1.165) is 50.0 Å². The van der Waals surface area contributed by atoms with E-state index in [-0.39, 0.29) is 44.0 Å². The number of aryl methyl sites for hydroxylation is 1. The fourth-order valence-electron chi connectivity index (χ4n) is 6.17. The number of benzene rings is 1. The van der Waals surface area contributed by atoms with Gasteiger partial charge in [0.25, 0.3) is 11.8 Å². The number of fused-ring (bicyclic) bond motifs is 1. The number of piperidine rings is 2. The smallest absolute Gasteiger partial charge is 0.258 e. The zero-order valence-electron chi connectivity index (χ0n) is 23.0. The minimum absolute atomic E-state index is 0.0244. The van der Waals surface area contributed by atoms with Crippen molar-refractivity contribution in [1.82, 2.24) is 14.7 Å². The topological polar surface area (TPSA) is 128 Å². The van der Waals surface area contributed by atoms with Crippen LogP contribution in [0.2, 0.25) is 0 Å². The fourth-order valence-corrected chi connectivity index (χ4v) is 7.21. The van der Waals surface area contributed by atoms with Crippen LogP contribution < -0.4 is 19.8 Å². The fraction of sp³-hybridized carbons (Fsp3) is 0.607. The molecule has 1 amide bonds. The number of carbonyl (C=O) groups is 1. The Morgan fingerprint density at radius 2 is 1.68 bits per heavy atom. The van der Waals surface area contributed by atoms with E-state index in [1.165, 1.54) is 31.0 Å². The van der Waals surface area contributed by atoms with Gasteiger partial charge in [0, 0.05) is 51.1 Å². The first kappa shape index (κ1) is 28.2. The number of hydrogen-bond donors (Lipinski definition) is 3. The van der Waals surface area contributed by atoms with Gasteiger partial charge in [-0.25, -0.2) is 26.9 Å². The maximum absolute atomic E-state index is 13.8. The van der Waals surface area contributed by atoms with Crippen molar-refractivity contribution in [3.8, 4) is 0 Å². The van der Waals surface area contributed by atoms with E-state index in [0.29, 0.717) is 34.9 Å². The van der Waals surface area contributed by atoms with E-state index in [4.69, 9.17) is 5.11 Å². The van der Waals surface area contributed by atoms with E-state index in [1.807, 2.05) is 0 Å². The maximum Gasteiger partial charge on any atom is 0.258 e. The van der Waals surface area contributed by atoms with Gasteiger partial charge in [-0.3, -0.25) is 4.79 Å². The van der Waals surface area contributed by atoms with Gasteiger partial charge in [-0.05, 0) is 68.6 Å². The van der Waals surface area contributed by atoms with Crippen LogP contribution in [-0.4, -0.2) is 74.7 Å². The van der Waals surface area contributed by atoms with E-state index < -0.39 is 21.9 Å². The Bertz CT molecular complexity index is 1430. The summed E-state index contributed by atoms with van der Waals surface area (Å²) in [5.41, 5.74) is 2.94. The first-order valence-corrected chi connectivity index (χ1v) is 15.9. The van der Waals surface area contributed by atoms with Crippen molar-refractivity contribution in [2.24, 2.45) is 5.41 Å². The lowest BCUT2D eigenvalue weighted by atomic mass is 9.93. The Morgan fingerprint density at radius 3 is 2.37 bits per heavy atom. The van der Waals surface area contributed by atoms with Gasteiger partial charge in [-0.2, -0.15) is 4.98 Å². The van der Waals surface area contributed by atoms with Gasteiger partial charge in [0.1, 0.15) is 5.82 Å². The van der Waals surface area contributed by atoms with Crippen LogP contribution in [0.1, 0.15) is 66.6 Å². The molecule has 13 heteroatoms. The van der Waals surface area contributed by atoms with E-state index in [2.05, 4.69) is 24.9 Å². The Morgan fingerprint density at radius 1 is 0.976 bits per heavy atom. The lowest BCUT2D eigenvalue weighted by Gasteiger charge is -2.35. The molecule has 4 aliphatic rings. The molecule has 2 aliphatic heterocycles. The third-order valence-corrected chi connectivity index (χ3v) is 10.4. The molecule has 0 radical (unpaired) electrons. The summed E-state index contributed by atoms with van der Waals surface area (Å²) in [4.78, 5) is 27.0. The number of sulfonamides is 1. The molecule has 0 atom stereocenters. The van der Waals surface area contributed by atoms with Gasteiger partial charge >= 0.3 is 0 Å². The highest BCUT2D eigenvalue weighted by atomic mass is 32.2. The summed E-state index contributed by atoms with van der Waals surface area (Å²) in [7, 11) is -3.88. The van der Waals surface area contributed by atoms with Gasteiger partial charge in [0.05, 0.1) is 28.4 Å². The maximum atomic E-state index is 13.8. The molecule has 0 unspecified atom stereocenters. The van der Waals surface area contributed by atoms with Gasteiger partial charge in [-0.15, -0.1) is 0 Å². The van der Waals surface area contributed by atoms with E-state index in [1.54, 1.807) is 4.90 Å². The SMILES string of the molecule is O=C(Nc1nc(N2CCC(F)(F)CC2)nc2c1CCC2)c1ccc(S(=O)(=O)NCCO)cc1N1CCC2(CC1)CC2. The third kappa shape index (κ3) is 5.89. The largest absolute Gasteiger partial charge is 0.395 e. The molecule has 41 heavy (non-hydrogen) atoms. The first-order chi connectivity index (χ1) is 19.6. The molecule has 2 aliphatic carbocycles. The van der Waals surface area contributed by atoms with Crippen molar-refractivity contribution in [2.75, 3.05) is 54.4 Å².